The van der Waals surface area contributed by atoms with Gasteiger partial charge in [0, 0.05) is 22.4 Å². The molecule has 2 heterocycles. The summed E-state index contributed by atoms with van der Waals surface area (Å²) in [5.41, 5.74) is 0. The fourth-order valence-electron chi connectivity index (χ4n) is 1.79. The molecule has 0 aromatic carbocycles. The average Bonchev–Trinajstić information content (AvgIpc) is 2.66. The molecule has 1 aliphatic heterocycles. The average molecular weight is 290 g/mol. The van der Waals surface area contributed by atoms with Crippen LogP contribution in [0.4, 0.5) is 0 Å². The molecule has 0 spiro atoms. The highest BCUT2D eigenvalue weighted by molar-refractivity contribution is 9.10. The highest BCUT2D eigenvalue weighted by Gasteiger charge is 2.09. The Labute approximate surface area is 103 Å². The van der Waals surface area contributed by atoms with Gasteiger partial charge in [-0.05, 0) is 46.8 Å². The third-order valence-corrected chi connectivity index (χ3v) is 4.66. The van der Waals surface area contributed by atoms with E-state index in [0.717, 1.165) is 26.3 Å². The molecule has 0 unspecified atom stereocenters. The Kier molecular flexibility index (Phi) is 4.62. The molecular weight excluding hydrogens is 274 g/mol. The zero-order valence-electron chi connectivity index (χ0n) is 8.75. The van der Waals surface area contributed by atoms with Gasteiger partial charge in [0.25, 0.3) is 0 Å². The van der Waals surface area contributed by atoms with Crippen LogP contribution in [-0.2, 0) is 11.2 Å². The van der Waals surface area contributed by atoms with E-state index in [1.54, 1.807) is 0 Å². The van der Waals surface area contributed by atoms with E-state index >= 15 is 0 Å². The first-order valence-corrected chi connectivity index (χ1v) is 7.05. The first-order valence-electron chi connectivity index (χ1n) is 5.38. The van der Waals surface area contributed by atoms with Crippen LogP contribution in [0.2, 0.25) is 0 Å². The van der Waals surface area contributed by atoms with Crippen molar-refractivity contribution in [3.63, 3.8) is 0 Å². The van der Waals surface area contributed by atoms with Crippen molar-refractivity contribution in [2.24, 2.45) is 0 Å². The van der Waals surface area contributed by atoms with Crippen LogP contribution in [0.5, 0.6) is 0 Å². The van der Waals surface area contributed by atoms with E-state index in [9.17, 15) is 0 Å². The maximum absolute atomic E-state index is 5.32. The largest absolute Gasteiger partial charge is 0.379 e. The van der Waals surface area contributed by atoms with Crippen LogP contribution in [0.25, 0.3) is 0 Å². The lowest BCUT2D eigenvalue weighted by Gasteiger charge is -2.26. The summed E-state index contributed by atoms with van der Waals surface area (Å²) in [5.74, 6) is 0. The molecule has 84 valence electrons. The summed E-state index contributed by atoms with van der Waals surface area (Å²) in [6.45, 7) is 5.22. The fraction of sp³-hybridized carbons (Fsp3) is 0.636. The van der Waals surface area contributed by atoms with Crippen LogP contribution in [0.3, 0.4) is 0 Å². The number of rotatable bonds is 4. The van der Waals surface area contributed by atoms with Gasteiger partial charge in [0.2, 0.25) is 0 Å². The predicted octanol–water partition coefficient (Wildman–Crippen LogP) is 2.78. The lowest BCUT2D eigenvalue weighted by molar-refractivity contribution is 0.0375. The molecule has 0 amide bonds. The molecule has 0 atom stereocenters. The number of thiophene rings is 1. The lowest BCUT2D eigenvalue weighted by atomic mass is 10.2. The molecule has 1 aromatic heterocycles. The summed E-state index contributed by atoms with van der Waals surface area (Å²) in [4.78, 5) is 3.97. The SMILES string of the molecule is Brc1ccsc1CCCN1CCOCC1. The van der Waals surface area contributed by atoms with Gasteiger partial charge in [-0.1, -0.05) is 0 Å². The molecule has 0 saturated carbocycles. The quantitative estimate of drug-likeness (QED) is 0.845. The fourth-order valence-corrected chi connectivity index (χ4v) is 3.39. The summed E-state index contributed by atoms with van der Waals surface area (Å²) in [6, 6.07) is 2.13. The first kappa shape index (κ1) is 11.6. The third-order valence-electron chi connectivity index (χ3n) is 2.67. The van der Waals surface area contributed by atoms with Crippen molar-refractivity contribution >= 4 is 27.3 Å². The van der Waals surface area contributed by atoms with Gasteiger partial charge in [-0.2, -0.15) is 0 Å². The molecule has 2 nitrogen and oxygen atoms in total. The maximum Gasteiger partial charge on any atom is 0.0594 e. The van der Waals surface area contributed by atoms with E-state index in [1.807, 2.05) is 11.3 Å². The van der Waals surface area contributed by atoms with Crippen molar-refractivity contribution in [2.45, 2.75) is 12.8 Å². The van der Waals surface area contributed by atoms with Crippen LogP contribution in [-0.4, -0.2) is 37.7 Å². The lowest BCUT2D eigenvalue weighted by Crippen LogP contribution is -2.36. The van der Waals surface area contributed by atoms with Gasteiger partial charge in [0.15, 0.2) is 0 Å². The van der Waals surface area contributed by atoms with Gasteiger partial charge >= 0.3 is 0 Å². The minimum atomic E-state index is 0.905. The zero-order chi connectivity index (χ0) is 10.5. The van der Waals surface area contributed by atoms with Crippen LogP contribution < -0.4 is 0 Å². The Hall–Kier alpha value is 0.1000. The van der Waals surface area contributed by atoms with Crippen molar-refractivity contribution in [1.29, 1.82) is 0 Å². The minimum Gasteiger partial charge on any atom is -0.379 e. The summed E-state index contributed by atoms with van der Waals surface area (Å²) < 4.78 is 6.60. The maximum atomic E-state index is 5.32. The van der Waals surface area contributed by atoms with Crippen molar-refractivity contribution in [1.82, 2.24) is 4.90 Å². The second kappa shape index (κ2) is 5.99. The van der Waals surface area contributed by atoms with Crippen LogP contribution in [0.15, 0.2) is 15.9 Å². The van der Waals surface area contributed by atoms with Crippen LogP contribution in [0.1, 0.15) is 11.3 Å². The molecule has 15 heavy (non-hydrogen) atoms. The number of halogens is 1. The molecule has 2 rings (SSSR count). The van der Waals surface area contributed by atoms with E-state index < -0.39 is 0 Å². The second-order valence-electron chi connectivity index (χ2n) is 3.75. The van der Waals surface area contributed by atoms with Crippen LogP contribution >= 0.6 is 27.3 Å². The minimum absolute atomic E-state index is 0.905. The van der Waals surface area contributed by atoms with E-state index in [0.29, 0.717) is 0 Å². The van der Waals surface area contributed by atoms with E-state index in [1.165, 1.54) is 28.7 Å². The first-order chi connectivity index (χ1) is 7.36. The molecule has 4 heteroatoms. The smallest absolute Gasteiger partial charge is 0.0594 e. The normalized spacial score (nSPS) is 18.2. The number of hydrogen-bond acceptors (Lipinski definition) is 3. The molecule has 1 saturated heterocycles. The summed E-state index contributed by atoms with van der Waals surface area (Å²) in [7, 11) is 0. The molecular formula is C11H16BrNOS. The summed E-state index contributed by atoms with van der Waals surface area (Å²) in [5, 5.41) is 2.15. The van der Waals surface area contributed by atoms with Crippen molar-refractivity contribution in [3.05, 3.63) is 20.8 Å². The molecule has 0 aliphatic carbocycles. The Morgan fingerprint density at radius 2 is 2.20 bits per heavy atom. The van der Waals surface area contributed by atoms with Gasteiger partial charge in [0.05, 0.1) is 13.2 Å². The highest BCUT2D eigenvalue weighted by Crippen LogP contribution is 2.23. The molecule has 1 aromatic rings. The topological polar surface area (TPSA) is 12.5 Å². The number of aryl methyl sites for hydroxylation is 1. The molecule has 0 bridgehead atoms. The van der Waals surface area contributed by atoms with Gasteiger partial charge in [-0.3, -0.25) is 4.90 Å². The van der Waals surface area contributed by atoms with Crippen LogP contribution in [0, 0.1) is 0 Å². The Balaban J connectivity index is 1.68. The molecule has 0 N–H and O–H groups in total. The molecule has 0 radical (unpaired) electrons. The molecule has 1 fully saturated rings. The number of nitrogens with zero attached hydrogens (tertiary/aromatic N) is 1. The standard InChI is InChI=1S/C11H16BrNOS/c12-10-3-9-15-11(10)2-1-4-13-5-7-14-8-6-13/h3,9H,1-2,4-8H2. The Morgan fingerprint density at radius 3 is 2.87 bits per heavy atom. The Morgan fingerprint density at radius 1 is 1.40 bits per heavy atom. The predicted molar refractivity (Wildman–Crippen MR) is 67.6 cm³/mol. The van der Waals surface area contributed by atoms with Gasteiger partial charge < -0.3 is 4.74 Å². The monoisotopic (exact) mass is 289 g/mol. The number of morpholine rings is 1. The summed E-state index contributed by atoms with van der Waals surface area (Å²) >= 11 is 5.42. The zero-order valence-corrected chi connectivity index (χ0v) is 11.1. The van der Waals surface area contributed by atoms with Gasteiger partial charge in [0.1, 0.15) is 0 Å². The highest BCUT2D eigenvalue weighted by atomic mass is 79.9. The van der Waals surface area contributed by atoms with E-state index in [2.05, 4.69) is 32.3 Å². The van der Waals surface area contributed by atoms with E-state index in [4.69, 9.17) is 4.74 Å². The van der Waals surface area contributed by atoms with E-state index in [-0.39, 0.29) is 0 Å². The number of hydrogen-bond donors (Lipinski definition) is 0. The number of ether oxygens (including phenoxy) is 1. The second-order valence-corrected chi connectivity index (χ2v) is 5.60. The van der Waals surface area contributed by atoms with Gasteiger partial charge in [-0.15, -0.1) is 11.3 Å². The van der Waals surface area contributed by atoms with Gasteiger partial charge in [-0.25, -0.2) is 0 Å². The third kappa shape index (κ3) is 3.55. The Bertz CT molecular complexity index is 297. The van der Waals surface area contributed by atoms with Crippen molar-refractivity contribution in [3.8, 4) is 0 Å². The molecule has 1 aliphatic rings. The summed E-state index contributed by atoms with van der Waals surface area (Å²) in [6.07, 6.45) is 2.44. The van der Waals surface area contributed by atoms with Crippen molar-refractivity contribution < 1.29 is 4.74 Å². The van der Waals surface area contributed by atoms with Crippen molar-refractivity contribution in [2.75, 3.05) is 32.8 Å².